The summed E-state index contributed by atoms with van der Waals surface area (Å²) < 4.78 is 0. The third kappa shape index (κ3) is 5.76. The number of carbonyl (C=O) groups excluding carboxylic acids is 2. The number of rotatable bonds is 3. The van der Waals surface area contributed by atoms with Crippen LogP contribution in [0.15, 0.2) is 24.3 Å². The number of carbonyl (C=O) groups is 2. The molecule has 5 nitrogen and oxygen atoms in total. The van der Waals surface area contributed by atoms with Gasteiger partial charge in [0.15, 0.2) is 0 Å². The van der Waals surface area contributed by atoms with Gasteiger partial charge in [0.05, 0.1) is 0 Å². The molecule has 138 valence electrons. The first kappa shape index (κ1) is 19.3. The molecule has 0 radical (unpaired) electrons. The molecule has 2 rings (SSSR count). The van der Waals surface area contributed by atoms with Crippen LogP contribution in [0.5, 0.6) is 0 Å². The summed E-state index contributed by atoms with van der Waals surface area (Å²) in [7, 11) is 0. The van der Waals surface area contributed by atoms with Crippen LogP contribution in [-0.2, 0) is 0 Å². The molecular formula is C20H31N3O2. The zero-order chi connectivity index (χ0) is 18.6. The van der Waals surface area contributed by atoms with Crippen LogP contribution >= 0.6 is 0 Å². The minimum Gasteiger partial charge on any atom is -0.338 e. The third-order valence-corrected chi connectivity index (χ3v) is 4.43. The summed E-state index contributed by atoms with van der Waals surface area (Å²) in [6, 6.07) is 7.88. The Hall–Kier alpha value is -2.04. The van der Waals surface area contributed by atoms with Gasteiger partial charge in [-0.2, -0.15) is 0 Å². The predicted molar refractivity (Wildman–Crippen MR) is 101 cm³/mol. The fraction of sp³-hybridized carbons (Fsp3) is 0.600. The minimum atomic E-state index is -0.247. The highest BCUT2D eigenvalue weighted by molar-refractivity contribution is 5.94. The highest BCUT2D eigenvalue weighted by Gasteiger charge is 2.25. The highest BCUT2D eigenvalue weighted by atomic mass is 16.2. The minimum absolute atomic E-state index is 0.0768. The first-order chi connectivity index (χ1) is 11.7. The van der Waals surface area contributed by atoms with Gasteiger partial charge in [-0.25, -0.2) is 4.79 Å². The molecule has 1 aromatic carbocycles. The standard InChI is InChI=1S/C20H31N3O2/c1-14(2)15-6-8-16(9-7-15)18(24)23-12-10-17(11-13-23)21-19(25)22-20(3,4)5/h6-9,14,17H,10-13H2,1-5H3,(H2,21,22,25). The van der Waals surface area contributed by atoms with Crippen molar-refractivity contribution in [3.8, 4) is 0 Å². The van der Waals surface area contributed by atoms with Gasteiger partial charge in [-0.3, -0.25) is 4.79 Å². The maximum atomic E-state index is 12.6. The summed E-state index contributed by atoms with van der Waals surface area (Å²) in [5.74, 6) is 0.540. The number of hydrogen-bond acceptors (Lipinski definition) is 2. The summed E-state index contributed by atoms with van der Waals surface area (Å²) in [5.41, 5.74) is 1.73. The topological polar surface area (TPSA) is 61.4 Å². The lowest BCUT2D eigenvalue weighted by atomic mass is 10.0. The summed E-state index contributed by atoms with van der Waals surface area (Å²) in [6.07, 6.45) is 1.57. The molecule has 2 N–H and O–H groups in total. The zero-order valence-corrected chi connectivity index (χ0v) is 16.1. The summed E-state index contributed by atoms with van der Waals surface area (Å²) in [4.78, 5) is 26.5. The smallest absolute Gasteiger partial charge is 0.315 e. The van der Waals surface area contributed by atoms with Crippen molar-refractivity contribution in [2.75, 3.05) is 13.1 Å². The normalized spacial score (nSPS) is 16.0. The Morgan fingerprint density at radius 1 is 1.08 bits per heavy atom. The monoisotopic (exact) mass is 345 g/mol. The largest absolute Gasteiger partial charge is 0.338 e. The molecular weight excluding hydrogens is 314 g/mol. The Kier molecular flexibility index (Phi) is 6.09. The second kappa shape index (κ2) is 7.89. The van der Waals surface area contributed by atoms with E-state index in [0.717, 1.165) is 18.4 Å². The van der Waals surface area contributed by atoms with E-state index < -0.39 is 0 Å². The summed E-state index contributed by atoms with van der Waals surface area (Å²) in [6.45, 7) is 11.5. The van der Waals surface area contributed by atoms with Crippen LogP contribution in [0.3, 0.4) is 0 Å². The molecule has 0 aliphatic carbocycles. The molecule has 1 aliphatic rings. The maximum Gasteiger partial charge on any atom is 0.315 e. The van der Waals surface area contributed by atoms with Crippen molar-refractivity contribution in [1.82, 2.24) is 15.5 Å². The molecule has 3 amide bonds. The van der Waals surface area contributed by atoms with Gasteiger partial charge in [0, 0.05) is 30.2 Å². The Morgan fingerprint density at radius 3 is 2.12 bits per heavy atom. The van der Waals surface area contributed by atoms with E-state index >= 15 is 0 Å². The van der Waals surface area contributed by atoms with E-state index in [1.54, 1.807) is 0 Å². The van der Waals surface area contributed by atoms with Crippen molar-refractivity contribution < 1.29 is 9.59 Å². The van der Waals surface area contributed by atoms with Crippen molar-refractivity contribution in [2.24, 2.45) is 0 Å². The highest BCUT2D eigenvalue weighted by Crippen LogP contribution is 2.18. The molecule has 0 spiro atoms. The fourth-order valence-electron chi connectivity index (χ4n) is 2.98. The number of amides is 3. The molecule has 1 saturated heterocycles. The molecule has 1 heterocycles. The first-order valence-corrected chi connectivity index (χ1v) is 9.13. The Morgan fingerprint density at radius 2 is 1.64 bits per heavy atom. The van der Waals surface area contributed by atoms with E-state index in [4.69, 9.17) is 0 Å². The molecule has 25 heavy (non-hydrogen) atoms. The zero-order valence-electron chi connectivity index (χ0n) is 16.1. The number of hydrogen-bond donors (Lipinski definition) is 2. The maximum absolute atomic E-state index is 12.6. The SMILES string of the molecule is CC(C)c1ccc(C(=O)N2CCC(NC(=O)NC(C)(C)C)CC2)cc1. The number of nitrogens with one attached hydrogen (secondary N) is 2. The van der Waals surface area contributed by atoms with Gasteiger partial charge in [-0.15, -0.1) is 0 Å². The van der Waals surface area contributed by atoms with E-state index in [0.29, 0.717) is 19.0 Å². The van der Waals surface area contributed by atoms with E-state index in [1.807, 2.05) is 49.9 Å². The van der Waals surface area contributed by atoms with Crippen molar-refractivity contribution in [3.63, 3.8) is 0 Å². The number of benzene rings is 1. The molecule has 1 aromatic rings. The fourth-order valence-corrected chi connectivity index (χ4v) is 2.98. The Labute approximate surface area is 151 Å². The summed E-state index contributed by atoms with van der Waals surface area (Å²) >= 11 is 0. The number of likely N-dealkylation sites (tertiary alicyclic amines) is 1. The van der Waals surface area contributed by atoms with Crippen molar-refractivity contribution in [3.05, 3.63) is 35.4 Å². The Bertz CT molecular complexity index is 594. The third-order valence-electron chi connectivity index (χ3n) is 4.43. The molecule has 0 bridgehead atoms. The number of urea groups is 1. The lowest BCUT2D eigenvalue weighted by molar-refractivity contribution is 0.0708. The average molecular weight is 345 g/mol. The van der Waals surface area contributed by atoms with Crippen LogP contribution in [-0.4, -0.2) is 41.5 Å². The summed E-state index contributed by atoms with van der Waals surface area (Å²) in [5, 5.41) is 5.92. The van der Waals surface area contributed by atoms with Gasteiger partial charge in [-0.1, -0.05) is 26.0 Å². The number of nitrogens with zero attached hydrogens (tertiary/aromatic N) is 1. The Balaban J connectivity index is 1.85. The van der Waals surface area contributed by atoms with Crippen LogP contribution in [0.4, 0.5) is 4.79 Å². The molecule has 0 atom stereocenters. The van der Waals surface area contributed by atoms with Crippen LogP contribution in [0.25, 0.3) is 0 Å². The van der Waals surface area contributed by atoms with Gasteiger partial charge in [0.25, 0.3) is 5.91 Å². The average Bonchev–Trinajstić information content (AvgIpc) is 2.53. The number of piperidine rings is 1. The molecule has 0 unspecified atom stereocenters. The van der Waals surface area contributed by atoms with Crippen molar-refractivity contribution >= 4 is 11.9 Å². The van der Waals surface area contributed by atoms with Crippen LogP contribution < -0.4 is 10.6 Å². The van der Waals surface area contributed by atoms with E-state index in [1.165, 1.54) is 5.56 Å². The molecule has 0 saturated carbocycles. The first-order valence-electron chi connectivity index (χ1n) is 9.13. The van der Waals surface area contributed by atoms with Gasteiger partial charge in [-0.05, 0) is 57.2 Å². The van der Waals surface area contributed by atoms with Crippen LogP contribution in [0.1, 0.15) is 69.3 Å². The van der Waals surface area contributed by atoms with Crippen LogP contribution in [0, 0.1) is 0 Å². The van der Waals surface area contributed by atoms with Gasteiger partial charge in [0.2, 0.25) is 0 Å². The van der Waals surface area contributed by atoms with E-state index in [2.05, 4.69) is 24.5 Å². The van der Waals surface area contributed by atoms with E-state index in [9.17, 15) is 9.59 Å². The molecule has 0 aromatic heterocycles. The second-order valence-corrected chi connectivity index (χ2v) is 8.19. The van der Waals surface area contributed by atoms with Crippen LogP contribution in [0.2, 0.25) is 0 Å². The second-order valence-electron chi connectivity index (χ2n) is 8.19. The lowest BCUT2D eigenvalue weighted by Crippen LogP contribution is -2.52. The lowest BCUT2D eigenvalue weighted by Gasteiger charge is -2.33. The van der Waals surface area contributed by atoms with Gasteiger partial charge >= 0.3 is 6.03 Å². The molecule has 1 fully saturated rings. The van der Waals surface area contributed by atoms with E-state index in [-0.39, 0.29) is 23.5 Å². The predicted octanol–water partition coefficient (Wildman–Crippen LogP) is 3.51. The van der Waals surface area contributed by atoms with Crippen molar-refractivity contribution in [2.45, 2.75) is 65.0 Å². The quantitative estimate of drug-likeness (QED) is 0.880. The van der Waals surface area contributed by atoms with Crippen molar-refractivity contribution in [1.29, 1.82) is 0 Å². The molecule has 5 heteroatoms. The molecule has 1 aliphatic heterocycles. The van der Waals surface area contributed by atoms with Gasteiger partial charge in [0.1, 0.15) is 0 Å². The van der Waals surface area contributed by atoms with Gasteiger partial charge < -0.3 is 15.5 Å².